The van der Waals surface area contributed by atoms with Crippen LogP contribution >= 0.6 is 0 Å². The van der Waals surface area contributed by atoms with Crippen LogP contribution in [0.1, 0.15) is 33.1 Å². The molecule has 24 heavy (non-hydrogen) atoms. The Bertz CT molecular complexity index is 796. The average Bonchev–Trinajstić information content (AvgIpc) is 2.97. The Morgan fingerprint density at radius 2 is 2.12 bits per heavy atom. The highest BCUT2D eigenvalue weighted by Gasteiger charge is 2.36. The second-order valence-electron chi connectivity index (χ2n) is 7.13. The zero-order valence-corrected chi connectivity index (χ0v) is 15.4. The summed E-state index contributed by atoms with van der Waals surface area (Å²) in [6.07, 6.45) is 6.16. The molecule has 0 saturated heterocycles. The van der Waals surface area contributed by atoms with Crippen molar-refractivity contribution in [2.24, 2.45) is 11.8 Å². The van der Waals surface area contributed by atoms with Crippen molar-refractivity contribution in [1.29, 1.82) is 0 Å². The Morgan fingerprint density at radius 1 is 1.38 bits per heavy atom. The highest BCUT2D eigenvalue weighted by atomic mass is 32.2. The molecule has 0 radical (unpaired) electrons. The van der Waals surface area contributed by atoms with Gasteiger partial charge in [-0.05, 0) is 30.7 Å². The lowest BCUT2D eigenvalue weighted by Crippen LogP contribution is -2.45. The van der Waals surface area contributed by atoms with Crippen molar-refractivity contribution in [3.05, 3.63) is 18.6 Å². The van der Waals surface area contributed by atoms with Crippen LogP contribution in [0.5, 0.6) is 0 Å². The second-order valence-corrected chi connectivity index (χ2v) is 9.28. The van der Waals surface area contributed by atoms with Crippen LogP contribution in [0, 0.1) is 11.8 Å². The molecule has 0 aliphatic heterocycles. The molecule has 0 amide bonds. The lowest BCUT2D eigenvalue weighted by Gasteiger charge is -2.41. The summed E-state index contributed by atoms with van der Waals surface area (Å²) in [5.41, 5.74) is 0.832. The molecule has 0 aromatic carbocycles. The van der Waals surface area contributed by atoms with Gasteiger partial charge in [0.2, 0.25) is 0 Å². The number of hydrogen-bond donors (Lipinski definition) is 1. The number of nitrogens with zero attached hydrogens (tertiary/aromatic N) is 3. The first-order valence-corrected chi connectivity index (χ1v) is 10.4. The smallest absolute Gasteiger partial charge is 0.150 e. The van der Waals surface area contributed by atoms with Crippen molar-refractivity contribution in [3.63, 3.8) is 0 Å². The van der Waals surface area contributed by atoms with E-state index in [1.54, 1.807) is 6.33 Å². The van der Waals surface area contributed by atoms with Gasteiger partial charge in [0.15, 0.2) is 9.84 Å². The zero-order valence-electron chi connectivity index (χ0n) is 14.6. The lowest BCUT2D eigenvalue weighted by atomic mass is 9.81. The number of aromatic amines is 1. The predicted octanol–water partition coefficient (Wildman–Crippen LogP) is 2.63. The van der Waals surface area contributed by atoms with Crippen LogP contribution < -0.4 is 4.90 Å². The molecule has 1 aliphatic rings. The van der Waals surface area contributed by atoms with Crippen molar-refractivity contribution >= 4 is 26.7 Å². The van der Waals surface area contributed by atoms with Gasteiger partial charge in [0.1, 0.15) is 17.8 Å². The van der Waals surface area contributed by atoms with Crippen LogP contribution in [0.15, 0.2) is 18.6 Å². The van der Waals surface area contributed by atoms with E-state index in [-0.39, 0.29) is 11.8 Å². The molecule has 0 unspecified atom stereocenters. The van der Waals surface area contributed by atoms with Gasteiger partial charge in [-0.1, -0.05) is 20.3 Å². The van der Waals surface area contributed by atoms with Crippen LogP contribution in [-0.4, -0.2) is 48.0 Å². The number of nitrogens with one attached hydrogen (secondary N) is 1. The first kappa shape index (κ1) is 17.2. The number of hydrogen-bond acceptors (Lipinski definition) is 5. The summed E-state index contributed by atoms with van der Waals surface area (Å²) in [5, 5.41) is 1.01. The van der Waals surface area contributed by atoms with E-state index < -0.39 is 9.84 Å². The van der Waals surface area contributed by atoms with Gasteiger partial charge < -0.3 is 9.88 Å². The fraction of sp³-hybridized carbons (Fsp3) is 0.647. The van der Waals surface area contributed by atoms with Crippen LogP contribution in [-0.2, 0) is 9.84 Å². The van der Waals surface area contributed by atoms with E-state index >= 15 is 0 Å². The van der Waals surface area contributed by atoms with E-state index in [0.717, 1.165) is 36.1 Å². The fourth-order valence-electron chi connectivity index (χ4n) is 3.44. The molecular formula is C17H26N4O2S. The van der Waals surface area contributed by atoms with E-state index in [0.29, 0.717) is 17.5 Å². The van der Waals surface area contributed by atoms with Crippen molar-refractivity contribution in [1.82, 2.24) is 15.0 Å². The maximum Gasteiger partial charge on any atom is 0.150 e. The minimum Gasteiger partial charge on any atom is -0.356 e. The molecule has 3 rings (SSSR count). The maximum absolute atomic E-state index is 12.3. The van der Waals surface area contributed by atoms with Crippen LogP contribution in [0.25, 0.3) is 11.0 Å². The molecular weight excluding hydrogens is 324 g/mol. The number of aromatic nitrogens is 3. The molecule has 7 heteroatoms. The Morgan fingerprint density at radius 3 is 2.83 bits per heavy atom. The molecule has 2 heterocycles. The number of rotatable bonds is 7. The minimum atomic E-state index is -2.94. The third-order valence-electron chi connectivity index (χ3n) is 5.15. The van der Waals surface area contributed by atoms with Gasteiger partial charge in [-0.3, -0.25) is 0 Å². The van der Waals surface area contributed by atoms with Crippen LogP contribution in [0.2, 0.25) is 0 Å². The summed E-state index contributed by atoms with van der Waals surface area (Å²) in [5.74, 6) is 2.07. The molecule has 0 spiro atoms. The minimum absolute atomic E-state index is 0.247. The standard InChI is InChI=1S/C17H26N4O2S/c1-4-12(2)9-24(22,23)10-13-7-14(8-13)21(3)17-15-5-6-18-16(15)19-11-20-17/h5-6,11-14H,4,7-10H2,1-3H3,(H,18,19,20)/t12-,13-,14+/m0/s1. The van der Waals surface area contributed by atoms with Gasteiger partial charge in [-0.25, -0.2) is 18.4 Å². The van der Waals surface area contributed by atoms with Crippen molar-refractivity contribution < 1.29 is 8.42 Å². The highest BCUT2D eigenvalue weighted by molar-refractivity contribution is 7.91. The maximum atomic E-state index is 12.3. The zero-order chi connectivity index (χ0) is 17.3. The Labute approximate surface area is 143 Å². The SMILES string of the molecule is CC[C@H](C)CS(=O)(=O)C[C@H]1C[C@@H](N(C)c2ncnc3[nH]ccc23)C1. The van der Waals surface area contributed by atoms with E-state index in [1.165, 1.54) is 0 Å². The van der Waals surface area contributed by atoms with Crippen LogP contribution in [0.4, 0.5) is 5.82 Å². The van der Waals surface area contributed by atoms with Gasteiger partial charge in [-0.15, -0.1) is 0 Å². The Balaban J connectivity index is 1.59. The van der Waals surface area contributed by atoms with E-state index in [2.05, 4.69) is 19.9 Å². The van der Waals surface area contributed by atoms with Gasteiger partial charge in [0.05, 0.1) is 16.9 Å². The summed E-state index contributed by atoms with van der Waals surface area (Å²) in [4.78, 5) is 13.9. The Hall–Kier alpha value is -1.63. The molecule has 1 N–H and O–H groups in total. The van der Waals surface area contributed by atoms with E-state index in [4.69, 9.17) is 0 Å². The first-order valence-electron chi connectivity index (χ1n) is 8.61. The first-order chi connectivity index (χ1) is 11.4. The van der Waals surface area contributed by atoms with Crippen molar-refractivity contribution in [2.75, 3.05) is 23.5 Å². The summed E-state index contributed by atoms with van der Waals surface area (Å²) >= 11 is 0. The molecule has 1 fully saturated rings. The highest BCUT2D eigenvalue weighted by Crippen LogP contribution is 2.36. The average molecular weight is 350 g/mol. The molecule has 1 atom stereocenters. The fourth-order valence-corrected chi connectivity index (χ4v) is 5.67. The van der Waals surface area contributed by atoms with Crippen LogP contribution in [0.3, 0.4) is 0 Å². The molecule has 1 saturated carbocycles. The number of sulfone groups is 1. The normalized spacial score (nSPS) is 22.3. The number of anilines is 1. The molecule has 1 aliphatic carbocycles. The van der Waals surface area contributed by atoms with E-state index in [9.17, 15) is 8.42 Å². The van der Waals surface area contributed by atoms with Gasteiger partial charge in [0, 0.05) is 19.3 Å². The molecule has 132 valence electrons. The molecule has 0 bridgehead atoms. The summed E-state index contributed by atoms with van der Waals surface area (Å²) < 4.78 is 24.5. The topological polar surface area (TPSA) is 79.0 Å². The number of H-pyrrole nitrogens is 1. The predicted molar refractivity (Wildman–Crippen MR) is 96.9 cm³/mol. The summed E-state index contributed by atoms with van der Waals surface area (Å²) in [6.45, 7) is 4.05. The number of fused-ring (bicyclic) bond motifs is 1. The third kappa shape index (κ3) is 3.55. The molecule has 6 nitrogen and oxygen atoms in total. The summed E-state index contributed by atoms with van der Waals surface area (Å²) in [6, 6.07) is 2.33. The largest absolute Gasteiger partial charge is 0.356 e. The van der Waals surface area contributed by atoms with Gasteiger partial charge >= 0.3 is 0 Å². The van der Waals surface area contributed by atoms with Gasteiger partial charge in [-0.2, -0.15) is 0 Å². The monoisotopic (exact) mass is 350 g/mol. The second kappa shape index (κ2) is 6.70. The molecule has 2 aromatic rings. The summed E-state index contributed by atoms with van der Waals surface area (Å²) in [7, 11) is -0.911. The van der Waals surface area contributed by atoms with Gasteiger partial charge in [0.25, 0.3) is 0 Å². The Kier molecular flexibility index (Phi) is 4.80. The van der Waals surface area contributed by atoms with Crippen molar-refractivity contribution in [2.45, 2.75) is 39.2 Å². The van der Waals surface area contributed by atoms with Crippen molar-refractivity contribution in [3.8, 4) is 0 Å². The molecule has 2 aromatic heterocycles. The van der Waals surface area contributed by atoms with E-state index in [1.807, 2.05) is 33.2 Å². The lowest BCUT2D eigenvalue weighted by molar-refractivity contribution is 0.282. The quantitative estimate of drug-likeness (QED) is 0.830. The third-order valence-corrected chi connectivity index (χ3v) is 7.21.